The van der Waals surface area contributed by atoms with E-state index in [0.717, 1.165) is 38.4 Å². The molecule has 1 aliphatic carbocycles. The standard InChI is InChI=1S/C12H22N4O2.HI/c1-2-13-12(14-5-8-17)15-6-7-16(10-3-4-10)11(18)9-15;/h10,17H,2-9H2,1H3,(H,13,14);1H. The molecule has 6 nitrogen and oxygen atoms in total. The van der Waals surface area contributed by atoms with E-state index in [1.807, 2.05) is 16.7 Å². The molecule has 1 amide bonds. The molecule has 7 heteroatoms. The largest absolute Gasteiger partial charge is 0.394 e. The predicted molar refractivity (Wildman–Crippen MR) is 84.8 cm³/mol. The summed E-state index contributed by atoms with van der Waals surface area (Å²) in [7, 11) is 0. The molecule has 0 aromatic heterocycles. The molecule has 2 N–H and O–H groups in total. The normalized spacial score (nSPS) is 20.3. The first-order chi connectivity index (χ1) is 8.76. The molecule has 0 bridgehead atoms. The summed E-state index contributed by atoms with van der Waals surface area (Å²) in [6, 6.07) is 0.497. The molecule has 0 spiro atoms. The number of rotatable bonds is 4. The second-order valence-corrected chi connectivity index (χ2v) is 4.70. The fraction of sp³-hybridized carbons (Fsp3) is 0.833. The van der Waals surface area contributed by atoms with Crippen LogP contribution in [0.1, 0.15) is 19.8 Å². The van der Waals surface area contributed by atoms with E-state index in [1.54, 1.807) is 0 Å². The van der Waals surface area contributed by atoms with Crippen LogP contribution in [0.2, 0.25) is 0 Å². The first kappa shape index (κ1) is 16.5. The molecule has 0 atom stereocenters. The van der Waals surface area contributed by atoms with Gasteiger partial charge in [0, 0.05) is 25.7 Å². The maximum absolute atomic E-state index is 12.0. The van der Waals surface area contributed by atoms with Gasteiger partial charge in [-0.05, 0) is 19.8 Å². The number of aliphatic hydroxyl groups is 1. The van der Waals surface area contributed by atoms with Crippen molar-refractivity contribution in [2.45, 2.75) is 25.8 Å². The minimum Gasteiger partial charge on any atom is -0.394 e. The second-order valence-electron chi connectivity index (χ2n) is 4.70. The monoisotopic (exact) mass is 382 g/mol. The summed E-state index contributed by atoms with van der Waals surface area (Å²) in [5.74, 6) is 0.925. The minimum absolute atomic E-state index is 0. The van der Waals surface area contributed by atoms with Crippen molar-refractivity contribution < 1.29 is 9.90 Å². The van der Waals surface area contributed by atoms with Crippen molar-refractivity contribution >= 4 is 35.8 Å². The van der Waals surface area contributed by atoms with E-state index >= 15 is 0 Å². The quantitative estimate of drug-likeness (QED) is 0.404. The fourth-order valence-corrected chi connectivity index (χ4v) is 2.22. The van der Waals surface area contributed by atoms with Crippen LogP contribution in [0.4, 0.5) is 0 Å². The number of aliphatic imine (C=N–C) groups is 1. The zero-order valence-electron chi connectivity index (χ0n) is 11.3. The minimum atomic E-state index is 0. The Morgan fingerprint density at radius 3 is 2.74 bits per heavy atom. The Balaban J connectivity index is 0.00000180. The van der Waals surface area contributed by atoms with Gasteiger partial charge < -0.3 is 20.2 Å². The van der Waals surface area contributed by atoms with Crippen LogP contribution in [0.15, 0.2) is 4.99 Å². The maximum atomic E-state index is 12.0. The van der Waals surface area contributed by atoms with Gasteiger partial charge >= 0.3 is 0 Å². The average Bonchev–Trinajstić information content (AvgIpc) is 3.18. The SMILES string of the molecule is CCNC(=NCCO)N1CCN(C2CC2)C(=O)C1.I. The molecule has 1 aliphatic heterocycles. The number of guanidine groups is 1. The maximum Gasteiger partial charge on any atom is 0.242 e. The highest BCUT2D eigenvalue weighted by Gasteiger charge is 2.36. The molecule has 0 radical (unpaired) electrons. The summed E-state index contributed by atoms with van der Waals surface area (Å²) in [6.45, 7) is 5.17. The van der Waals surface area contributed by atoms with E-state index in [0.29, 0.717) is 19.1 Å². The third kappa shape index (κ3) is 4.48. The number of carbonyl (C=O) groups is 1. The van der Waals surface area contributed by atoms with Crippen LogP contribution >= 0.6 is 24.0 Å². The lowest BCUT2D eigenvalue weighted by molar-refractivity contribution is -0.135. The Kier molecular flexibility index (Phi) is 6.84. The third-order valence-electron chi connectivity index (χ3n) is 3.24. The molecule has 2 aliphatic rings. The highest BCUT2D eigenvalue weighted by atomic mass is 127. The fourth-order valence-electron chi connectivity index (χ4n) is 2.22. The first-order valence-corrected chi connectivity index (χ1v) is 6.69. The van der Waals surface area contributed by atoms with E-state index < -0.39 is 0 Å². The average molecular weight is 382 g/mol. The van der Waals surface area contributed by atoms with Crippen LogP contribution in [0.25, 0.3) is 0 Å². The van der Waals surface area contributed by atoms with E-state index in [1.165, 1.54) is 0 Å². The molecule has 0 aromatic rings. The number of halogens is 1. The topological polar surface area (TPSA) is 68.2 Å². The molecule has 1 saturated carbocycles. The zero-order chi connectivity index (χ0) is 13.0. The summed E-state index contributed by atoms with van der Waals surface area (Å²) >= 11 is 0. The van der Waals surface area contributed by atoms with E-state index in [2.05, 4.69) is 10.3 Å². The van der Waals surface area contributed by atoms with E-state index in [9.17, 15) is 4.79 Å². The smallest absolute Gasteiger partial charge is 0.242 e. The number of hydrogen-bond donors (Lipinski definition) is 2. The number of nitrogens with one attached hydrogen (secondary N) is 1. The van der Waals surface area contributed by atoms with Crippen LogP contribution in [-0.4, -0.2) is 72.1 Å². The first-order valence-electron chi connectivity index (χ1n) is 6.69. The van der Waals surface area contributed by atoms with Crippen molar-refractivity contribution in [3.05, 3.63) is 0 Å². The van der Waals surface area contributed by atoms with Crippen molar-refractivity contribution in [2.75, 3.05) is 39.3 Å². The van der Waals surface area contributed by atoms with Crippen molar-refractivity contribution in [2.24, 2.45) is 4.99 Å². The van der Waals surface area contributed by atoms with Crippen molar-refractivity contribution in [3.8, 4) is 0 Å². The highest BCUT2D eigenvalue weighted by molar-refractivity contribution is 14.0. The van der Waals surface area contributed by atoms with Crippen molar-refractivity contribution in [1.82, 2.24) is 15.1 Å². The number of aliphatic hydroxyl groups excluding tert-OH is 1. The Morgan fingerprint density at radius 1 is 1.47 bits per heavy atom. The molecular formula is C12H23IN4O2. The summed E-state index contributed by atoms with van der Waals surface area (Å²) in [5.41, 5.74) is 0. The van der Waals surface area contributed by atoms with E-state index in [-0.39, 0.29) is 36.5 Å². The molecule has 1 saturated heterocycles. The zero-order valence-corrected chi connectivity index (χ0v) is 13.7. The summed E-state index contributed by atoms with van der Waals surface area (Å²) in [5, 5.41) is 12.0. The molecule has 2 rings (SSSR count). The van der Waals surface area contributed by atoms with Gasteiger partial charge in [-0.1, -0.05) is 0 Å². The molecule has 19 heavy (non-hydrogen) atoms. The van der Waals surface area contributed by atoms with Crippen LogP contribution < -0.4 is 5.32 Å². The van der Waals surface area contributed by atoms with Gasteiger partial charge in [-0.15, -0.1) is 24.0 Å². The Bertz CT molecular complexity index is 334. The van der Waals surface area contributed by atoms with Gasteiger partial charge in [0.05, 0.1) is 19.7 Å². The highest BCUT2D eigenvalue weighted by Crippen LogP contribution is 2.27. The van der Waals surface area contributed by atoms with Crippen LogP contribution in [0.3, 0.4) is 0 Å². The summed E-state index contributed by atoms with van der Waals surface area (Å²) < 4.78 is 0. The lowest BCUT2D eigenvalue weighted by atomic mass is 10.3. The number of nitrogens with zero attached hydrogens (tertiary/aromatic N) is 3. The van der Waals surface area contributed by atoms with Crippen molar-refractivity contribution in [3.63, 3.8) is 0 Å². The van der Waals surface area contributed by atoms with Gasteiger partial charge in [0.25, 0.3) is 0 Å². The molecule has 0 unspecified atom stereocenters. The Hall–Kier alpha value is -0.570. The van der Waals surface area contributed by atoms with Gasteiger partial charge in [0.2, 0.25) is 5.91 Å². The summed E-state index contributed by atoms with van der Waals surface area (Å²) in [4.78, 5) is 20.3. The molecule has 0 aromatic carbocycles. The van der Waals surface area contributed by atoms with Gasteiger partial charge in [0.15, 0.2) is 5.96 Å². The van der Waals surface area contributed by atoms with Crippen LogP contribution in [0.5, 0.6) is 0 Å². The molecule has 1 heterocycles. The number of amides is 1. The lowest BCUT2D eigenvalue weighted by Gasteiger charge is -2.36. The summed E-state index contributed by atoms with van der Waals surface area (Å²) in [6.07, 6.45) is 2.31. The van der Waals surface area contributed by atoms with Crippen LogP contribution in [0, 0.1) is 0 Å². The molecular weight excluding hydrogens is 359 g/mol. The molecule has 110 valence electrons. The Morgan fingerprint density at radius 2 is 2.21 bits per heavy atom. The molecule has 2 fully saturated rings. The second kappa shape index (κ2) is 7.88. The number of hydrogen-bond acceptors (Lipinski definition) is 3. The van der Waals surface area contributed by atoms with Gasteiger partial charge in [0.1, 0.15) is 0 Å². The number of piperazine rings is 1. The van der Waals surface area contributed by atoms with Crippen LogP contribution in [-0.2, 0) is 4.79 Å². The Labute approximate surface area is 131 Å². The van der Waals surface area contributed by atoms with Gasteiger partial charge in [-0.25, -0.2) is 0 Å². The third-order valence-corrected chi connectivity index (χ3v) is 3.24. The van der Waals surface area contributed by atoms with Gasteiger partial charge in [-0.3, -0.25) is 9.79 Å². The van der Waals surface area contributed by atoms with E-state index in [4.69, 9.17) is 5.11 Å². The lowest BCUT2D eigenvalue weighted by Crippen LogP contribution is -2.55. The predicted octanol–water partition coefficient (Wildman–Crippen LogP) is -0.131. The number of carbonyl (C=O) groups excluding carboxylic acids is 1. The van der Waals surface area contributed by atoms with Gasteiger partial charge in [-0.2, -0.15) is 0 Å². The van der Waals surface area contributed by atoms with Crippen molar-refractivity contribution in [1.29, 1.82) is 0 Å².